The van der Waals surface area contributed by atoms with Crippen LogP contribution in [0.25, 0.3) is 0 Å². The zero-order valence-corrected chi connectivity index (χ0v) is 11.0. The summed E-state index contributed by atoms with van der Waals surface area (Å²) in [4.78, 5) is 0. The average molecular weight is 248 g/mol. The van der Waals surface area contributed by atoms with Crippen molar-refractivity contribution >= 4 is 0 Å². The van der Waals surface area contributed by atoms with E-state index in [-0.39, 0.29) is 0 Å². The molecule has 0 bridgehead atoms. The molecule has 0 saturated heterocycles. The molecule has 2 aromatic carbocycles. The van der Waals surface area contributed by atoms with Crippen LogP contribution in [-0.4, -0.2) is 6.61 Å². The van der Waals surface area contributed by atoms with Crippen molar-refractivity contribution in [1.29, 1.82) is 0 Å². The van der Waals surface area contributed by atoms with Gasteiger partial charge in [-0.15, -0.1) is 0 Å². The van der Waals surface area contributed by atoms with Crippen molar-refractivity contribution < 1.29 is 4.74 Å². The Kier molecular flexibility index (Phi) is 4.42. The molecule has 0 N–H and O–H groups in total. The number of benzene rings is 2. The van der Waals surface area contributed by atoms with Crippen LogP contribution in [0.15, 0.2) is 66.7 Å². The van der Waals surface area contributed by atoms with Gasteiger partial charge in [0.2, 0.25) is 0 Å². The van der Waals surface area contributed by atoms with Crippen LogP contribution in [0.4, 0.5) is 0 Å². The second-order valence-electron chi connectivity index (χ2n) is 4.32. The Bertz CT molecular complexity index is 598. The zero-order valence-electron chi connectivity index (χ0n) is 11.0. The van der Waals surface area contributed by atoms with E-state index in [1.165, 1.54) is 5.56 Å². The van der Waals surface area contributed by atoms with E-state index in [0.29, 0.717) is 6.61 Å². The van der Waals surface area contributed by atoms with Crippen molar-refractivity contribution in [3.63, 3.8) is 0 Å². The van der Waals surface area contributed by atoms with Gasteiger partial charge in [-0.05, 0) is 31.2 Å². The van der Waals surface area contributed by atoms with E-state index in [9.17, 15) is 0 Å². The molecule has 0 aliphatic heterocycles. The molecule has 0 radical (unpaired) electrons. The standard InChI is InChI=1S/C18H16O/c1-15-9-12-18(13-10-15)19-14-16(2)8-11-17-6-4-3-5-7-17/h3-7,9-10,12-13H,2,14H2,1H3. The van der Waals surface area contributed by atoms with Gasteiger partial charge in [-0.25, -0.2) is 0 Å². The Morgan fingerprint density at radius 3 is 2.42 bits per heavy atom. The summed E-state index contributed by atoms with van der Waals surface area (Å²) in [5.74, 6) is 6.91. The molecule has 0 fully saturated rings. The van der Waals surface area contributed by atoms with Gasteiger partial charge in [-0.1, -0.05) is 54.3 Å². The molecule has 0 heterocycles. The maximum atomic E-state index is 5.61. The molecule has 1 heteroatoms. The van der Waals surface area contributed by atoms with Crippen LogP contribution in [0.5, 0.6) is 5.75 Å². The first-order valence-electron chi connectivity index (χ1n) is 6.18. The third-order valence-electron chi connectivity index (χ3n) is 2.59. The summed E-state index contributed by atoms with van der Waals surface area (Å²) in [5, 5.41) is 0. The fraction of sp³-hybridized carbons (Fsp3) is 0.111. The van der Waals surface area contributed by atoms with E-state index in [1.54, 1.807) is 0 Å². The normalized spacial score (nSPS) is 9.32. The molecule has 19 heavy (non-hydrogen) atoms. The lowest BCUT2D eigenvalue weighted by atomic mass is 10.2. The van der Waals surface area contributed by atoms with Gasteiger partial charge in [0.15, 0.2) is 0 Å². The minimum Gasteiger partial charge on any atom is -0.488 e. The Hall–Kier alpha value is -2.46. The van der Waals surface area contributed by atoms with Crippen molar-refractivity contribution in [3.05, 3.63) is 77.9 Å². The topological polar surface area (TPSA) is 9.23 Å². The van der Waals surface area contributed by atoms with Crippen molar-refractivity contribution in [2.24, 2.45) is 0 Å². The quantitative estimate of drug-likeness (QED) is 0.746. The molecule has 0 aliphatic carbocycles. The minimum absolute atomic E-state index is 0.420. The zero-order chi connectivity index (χ0) is 13.5. The highest BCUT2D eigenvalue weighted by Crippen LogP contribution is 2.12. The lowest BCUT2D eigenvalue weighted by molar-refractivity contribution is 0.357. The van der Waals surface area contributed by atoms with E-state index in [1.807, 2.05) is 61.5 Å². The molecular weight excluding hydrogens is 232 g/mol. The SMILES string of the molecule is C=C(C#Cc1ccccc1)COc1ccc(C)cc1. The van der Waals surface area contributed by atoms with Crippen LogP contribution >= 0.6 is 0 Å². The van der Waals surface area contributed by atoms with Crippen LogP contribution in [0.1, 0.15) is 11.1 Å². The van der Waals surface area contributed by atoms with Crippen LogP contribution in [0.2, 0.25) is 0 Å². The van der Waals surface area contributed by atoms with E-state index >= 15 is 0 Å². The molecule has 2 aromatic rings. The first-order chi connectivity index (χ1) is 9.24. The highest BCUT2D eigenvalue weighted by molar-refractivity contribution is 5.40. The molecule has 2 rings (SSSR count). The first-order valence-corrected chi connectivity index (χ1v) is 6.18. The molecule has 0 spiro atoms. The van der Waals surface area contributed by atoms with Gasteiger partial charge in [0.1, 0.15) is 12.4 Å². The van der Waals surface area contributed by atoms with Gasteiger partial charge in [0, 0.05) is 11.1 Å². The maximum absolute atomic E-state index is 5.61. The van der Waals surface area contributed by atoms with Crippen LogP contribution in [0, 0.1) is 18.8 Å². The number of hydrogen-bond donors (Lipinski definition) is 0. The van der Waals surface area contributed by atoms with Crippen LogP contribution in [-0.2, 0) is 0 Å². The maximum Gasteiger partial charge on any atom is 0.120 e. The number of rotatable bonds is 3. The summed E-state index contributed by atoms with van der Waals surface area (Å²) in [6, 6.07) is 17.8. The molecule has 0 amide bonds. The molecule has 1 nitrogen and oxygen atoms in total. The predicted octanol–water partition coefficient (Wildman–Crippen LogP) is 3.98. The number of hydrogen-bond acceptors (Lipinski definition) is 1. The Morgan fingerprint density at radius 1 is 1.05 bits per heavy atom. The van der Waals surface area contributed by atoms with Crippen molar-refractivity contribution in [1.82, 2.24) is 0 Å². The molecule has 0 unspecified atom stereocenters. The highest BCUT2D eigenvalue weighted by atomic mass is 16.5. The van der Waals surface area contributed by atoms with E-state index in [2.05, 4.69) is 18.4 Å². The fourth-order valence-corrected chi connectivity index (χ4v) is 1.52. The molecular formula is C18H16O. The predicted molar refractivity (Wildman–Crippen MR) is 79.1 cm³/mol. The lowest BCUT2D eigenvalue weighted by Crippen LogP contribution is -1.98. The number of ether oxygens (including phenoxy) is 1. The summed E-state index contributed by atoms with van der Waals surface area (Å²) in [6.45, 7) is 6.37. The smallest absolute Gasteiger partial charge is 0.120 e. The van der Waals surface area contributed by atoms with Crippen LogP contribution in [0.3, 0.4) is 0 Å². The average Bonchev–Trinajstić information content (AvgIpc) is 2.45. The van der Waals surface area contributed by atoms with Gasteiger partial charge in [0.25, 0.3) is 0 Å². The molecule has 94 valence electrons. The number of aryl methyl sites for hydroxylation is 1. The van der Waals surface area contributed by atoms with Crippen molar-refractivity contribution in [2.75, 3.05) is 6.61 Å². The summed E-state index contributed by atoms with van der Waals surface area (Å²) in [7, 11) is 0. The largest absolute Gasteiger partial charge is 0.488 e. The summed E-state index contributed by atoms with van der Waals surface area (Å²) >= 11 is 0. The first kappa shape index (κ1) is 13.0. The molecule has 0 aromatic heterocycles. The minimum atomic E-state index is 0.420. The molecule has 0 atom stereocenters. The van der Waals surface area contributed by atoms with E-state index < -0.39 is 0 Å². The molecule has 0 aliphatic rings. The van der Waals surface area contributed by atoms with Gasteiger partial charge >= 0.3 is 0 Å². The second kappa shape index (κ2) is 6.47. The highest BCUT2D eigenvalue weighted by Gasteiger charge is 1.94. The fourth-order valence-electron chi connectivity index (χ4n) is 1.52. The van der Waals surface area contributed by atoms with Crippen molar-refractivity contribution in [3.8, 4) is 17.6 Å². The van der Waals surface area contributed by atoms with Crippen molar-refractivity contribution in [2.45, 2.75) is 6.92 Å². The van der Waals surface area contributed by atoms with Gasteiger partial charge in [0.05, 0.1) is 0 Å². The monoisotopic (exact) mass is 248 g/mol. The lowest BCUT2D eigenvalue weighted by Gasteiger charge is -2.04. The summed E-state index contributed by atoms with van der Waals surface area (Å²) < 4.78 is 5.61. The summed E-state index contributed by atoms with van der Waals surface area (Å²) in [5.41, 5.74) is 2.97. The van der Waals surface area contributed by atoms with Gasteiger partial charge < -0.3 is 4.74 Å². The Morgan fingerprint density at radius 2 is 1.74 bits per heavy atom. The van der Waals surface area contributed by atoms with E-state index in [4.69, 9.17) is 4.74 Å². The third-order valence-corrected chi connectivity index (χ3v) is 2.59. The Balaban J connectivity index is 1.89. The second-order valence-corrected chi connectivity index (χ2v) is 4.32. The van der Waals surface area contributed by atoms with Gasteiger partial charge in [-0.3, -0.25) is 0 Å². The third kappa shape index (κ3) is 4.37. The Labute approximate surface area is 114 Å². The van der Waals surface area contributed by atoms with Gasteiger partial charge in [-0.2, -0.15) is 0 Å². The summed E-state index contributed by atoms with van der Waals surface area (Å²) in [6.07, 6.45) is 0. The van der Waals surface area contributed by atoms with E-state index in [0.717, 1.165) is 16.9 Å². The van der Waals surface area contributed by atoms with Crippen LogP contribution < -0.4 is 4.74 Å². The molecule has 0 saturated carbocycles.